The number of unbranched alkanes of at least 4 members (excludes halogenated alkanes) is 2. The third-order valence-electron chi connectivity index (χ3n) is 7.20. The second kappa shape index (κ2) is 11.4. The molecule has 0 atom stereocenters. The lowest BCUT2D eigenvalue weighted by Gasteiger charge is -2.29. The molecule has 0 heterocycles. The fourth-order valence-corrected chi connectivity index (χ4v) is 5.07. The number of halogens is 5. The topological polar surface area (TPSA) is 9.23 Å². The summed E-state index contributed by atoms with van der Waals surface area (Å²) in [5.41, 5.74) is 2.51. The van der Waals surface area contributed by atoms with Gasteiger partial charge in [-0.2, -0.15) is 8.78 Å². The van der Waals surface area contributed by atoms with Crippen LogP contribution in [0.4, 0.5) is 22.0 Å². The molecule has 1 fully saturated rings. The van der Waals surface area contributed by atoms with Gasteiger partial charge < -0.3 is 4.74 Å². The molecule has 3 aromatic carbocycles. The van der Waals surface area contributed by atoms with Crippen molar-refractivity contribution in [3.63, 3.8) is 0 Å². The minimum Gasteiger partial charge on any atom is -0.429 e. The van der Waals surface area contributed by atoms with Crippen LogP contribution in [0.1, 0.15) is 75.3 Å². The van der Waals surface area contributed by atoms with Crippen molar-refractivity contribution in [2.75, 3.05) is 0 Å². The van der Waals surface area contributed by atoms with E-state index in [0.717, 1.165) is 17.0 Å². The van der Waals surface area contributed by atoms with Crippen molar-refractivity contribution in [1.29, 1.82) is 0 Å². The van der Waals surface area contributed by atoms with E-state index in [9.17, 15) is 22.0 Å². The second-order valence-corrected chi connectivity index (χ2v) is 9.73. The molecule has 3 aromatic rings. The molecule has 1 aliphatic carbocycles. The van der Waals surface area contributed by atoms with E-state index in [1.54, 1.807) is 12.1 Å². The van der Waals surface area contributed by atoms with Crippen molar-refractivity contribution >= 4 is 0 Å². The predicted molar refractivity (Wildman–Crippen MR) is 132 cm³/mol. The molecular weight excluding hydrogens is 471 g/mol. The van der Waals surface area contributed by atoms with Crippen LogP contribution >= 0.6 is 0 Å². The van der Waals surface area contributed by atoms with Crippen molar-refractivity contribution < 1.29 is 26.7 Å². The molecule has 1 nitrogen and oxygen atoms in total. The Morgan fingerprint density at radius 3 is 1.89 bits per heavy atom. The first kappa shape index (κ1) is 26.2. The Hall–Kier alpha value is -2.89. The van der Waals surface area contributed by atoms with Crippen LogP contribution < -0.4 is 4.74 Å². The Morgan fingerprint density at radius 2 is 1.33 bits per heavy atom. The molecule has 0 radical (unpaired) electrons. The number of benzene rings is 3. The summed E-state index contributed by atoms with van der Waals surface area (Å²) in [5.74, 6) is -4.31. The van der Waals surface area contributed by atoms with Crippen LogP contribution in [0, 0.1) is 23.4 Å². The quantitative estimate of drug-likeness (QED) is 0.161. The molecule has 1 saturated carbocycles. The predicted octanol–water partition coefficient (Wildman–Crippen LogP) is 9.75. The van der Waals surface area contributed by atoms with Gasteiger partial charge in [-0.15, -0.1) is 0 Å². The Morgan fingerprint density at radius 1 is 0.778 bits per heavy atom. The van der Waals surface area contributed by atoms with E-state index in [1.807, 2.05) is 12.1 Å². The van der Waals surface area contributed by atoms with E-state index >= 15 is 0 Å². The summed E-state index contributed by atoms with van der Waals surface area (Å²) in [6.45, 7) is 2.24. The van der Waals surface area contributed by atoms with Gasteiger partial charge in [-0.3, -0.25) is 0 Å². The van der Waals surface area contributed by atoms with Gasteiger partial charge in [-0.05, 0) is 66.3 Å². The standard InChI is InChI=1S/C30H31F5O/c1-2-3-4-5-20-6-8-21(9-7-20)22-10-12-23(13-11-22)24-14-16-25(17-15-24)30(34,35)36-26-18-27(31)29(33)28(32)19-26/h10-21H,2-9H2,1H3. The van der Waals surface area contributed by atoms with Gasteiger partial charge in [0.1, 0.15) is 5.75 Å². The number of rotatable bonds is 9. The molecule has 0 amide bonds. The molecule has 6 heteroatoms. The lowest BCUT2D eigenvalue weighted by atomic mass is 9.77. The minimum atomic E-state index is -3.85. The lowest BCUT2D eigenvalue weighted by Crippen LogP contribution is -2.22. The van der Waals surface area contributed by atoms with Gasteiger partial charge in [0.15, 0.2) is 17.5 Å². The summed E-state index contributed by atoms with van der Waals surface area (Å²) in [7, 11) is 0. The zero-order valence-corrected chi connectivity index (χ0v) is 20.4. The summed E-state index contributed by atoms with van der Waals surface area (Å²) in [5, 5.41) is 0. The first-order valence-corrected chi connectivity index (χ1v) is 12.7. The minimum absolute atomic E-state index is 0.390. The van der Waals surface area contributed by atoms with E-state index in [4.69, 9.17) is 0 Å². The summed E-state index contributed by atoms with van der Waals surface area (Å²) >= 11 is 0. The third kappa shape index (κ3) is 6.26. The molecule has 36 heavy (non-hydrogen) atoms. The van der Waals surface area contributed by atoms with Crippen LogP contribution in [-0.4, -0.2) is 0 Å². The maximum absolute atomic E-state index is 14.6. The zero-order valence-electron chi connectivity index (χ0n) is 20.4. The van der Waals surface area contributed by atoms with Gasteiger partial charge in [0.2, 0.25) is 0 Å². The van der Waals surface area contributed by atoms with Gasteiger partial charge in [0.25, 0.3) is 0 Å². The Kier molecular flexibility index (Phi) is 8.32. The normalized spacial score (nSPS) is 18.3. The molecular formula is C30H31F5O. The van der Waals surface area contributed by atoms with E-state index in [1.165, 1.54) is 69.1 Å². The fraction of sp³-hybridized carbons (Fsp3) is 0.400. The Labute approximate surface area is 209 Å². The highest BCUT2D eigenvalue weighted by Crippen LogP contribution is 2.39. The molecule has 0 aliphatic heterocycles. The van der Waals surface area contributed by atoms with Crippen molar-refractivity contribution in [3.05, 3.63) is 89.2 Å². The van der Waals surface area contributed by atoms with E-state index in [-0.39, 0.29) is 0 Å². The highest BCUT2D eigenvalue weighted by Gasteiger charge is 2.35. The molecule has 4 rings (SSSR count). The van der Waals surface area contributed by atoms with Gasteiger partial charge in [0.05, 0.1) is 5.56 Å². The van der Waals surface area contributed by atoms with Crippen LogP contribution in [0.5, 0.6) is 5.75 Å². The molecule has 1 aliphatic rings. The van der Waals surface area contributed by atoms with Crippen LogP contribution in [0.2, 0.25) is 0 Å². The van der Waals surface area contributed by atoms with E-state index in [2.05, 4.69) is 23.8 Å². The molecule has 0 saturated heterocycles. The largest absolute Gasteiger partial charge is 0.429 e. The highest BCUT2D eigenvalue weighted by molar-refractivity contribution is 5.64. The summed E-state index contributed by atoms with van der Waals surface area (Å²) < 4.78 is 73.3. The van der Waals surface area contributed by atoms with Gasteiger partial charge in [-0.1, -0.05) is 69.0 Å². The van der Waals surface area contributed by atoms with Crippen LogP contribution in [-0.2, 0) is 6.11 Å². The monoisotopic (exact) mass is 502 g/mol. The van der Waals surface area contributed by atoms with Crippen molar-refractivity contribution in [3.8, 4) is 16.9 Å². The lowest BCUT2D eigenvalue weighted by molar-refractivity contribution is -0.185. The SMILES string of the molecule is CCCCCC1CCC(c2ccc(-c3ccc(C(F)(F)Oc4cc(F)c(F)c(F)c4)cc3)cc2)CC1. The van der Waals surface area contributed by atoms with Gasteiger partial charge in [-0.25, -0.2) is 13.2 Å². The second-order valence-electron chi connectivity index (χ2n) is 9.73. The summed E-state index contributed by atoms with van der Waals surface area (Å²) in [6.07, 6.45) is 6.40. The molecule has 0 bridgehead atoms. The number of hydrogen-bond acceptors (Lipinski definition) is 1. The number of ether oxygens (including phenoxy) is 1. The fourth-order valence-electron chi connectivity index (χ4n) is 5.07. The number of hydrogen-bond donors (Lipinski definition) is 0. The molecule has 0 unspecified atom stereocenters. The Balaban J connectivity index is 1.38. The molecule has 0 aromatic heterocycles. The first-order chi connectivity index (χ1) is 17.3. The maximum Gasteiger partial charge on any atom is 0.426 e. The van der Waals surface area contributed by atoms with Crippen LogP contribution in [0.15, 0.2) is 60.7 Å². The average Bonchev–Trinajstić information content (AvgIpc) is 2.88. The Bertz CT molecular complexity index is 1110. The van der Waals surface area contributed by atoms with Gasteiger partial charge in [0, 0.05) is 12.1 Å². The zero-order chi connectivity index (χ0) is 25.7. The summed E-state index contributed by atoms with van der Waals surface area (Å²) in [4.78, 5) is 0. The van der Waals surface area contributed by atoms with Crippen molar-refractivity contribution in [2.24, 2.45) is 5.92 Å². The van der Waals surface area contributed by atoms with Crippen molar-refractivity contribution in [1.82, 2.24) is 0 Å². The smallest absolute Gasteiger partial charge is 0.426 e. The molecule has 192 valence electrons. The number of alkyl halides is 2. The molecule has 0 N–H and O–H groups in total. The van der Waals surface area contributed by atoms with Crippen molar-refractivity contribution in [2.45, 2.75) is 70.3 Å². The van der Waals surface area contributed by atoms with E-state index < -0.39 is 34.9 Å². The molecule has 0 spiro atoms. The van der Waals surface area contributed by atoms with Crippen LogP contribution in [0.3, 0.4) is 0 Å². The van der Waals surface area contributed by atoms with E-state index in [0.29, 0.717) is 18.1 Å². The van der Waals surface area contributed by atoms with Crippen LogP contribution in [0.25, 0.3) is 11.1 Å². The summed E-state index contributed by atoms with van der Waals surface area (Å²) in [6, 6.07) is 14.6. The average molecular weight is 503 g/mol. The van der Waals surface area contributed by atoms with Gasteiger partial charge >= 0.3 is 6.11 Å². The first-order valence-electron chi connectivity index (χ1n) is 12.7. The third-order valence-corrected chi connectivity index (χ3v) is 7.20. The maximum atomic E-state index is 14.6. The highest BCUT2D eigenvalue weighted by atomic mass is 19.3.